The molecule has 16 heavy (non-hydrogen) atoms. The fourth-order valence-electron chi connectivity index (χ4n) is 1.27. The van der Waals surface area contributed by atoms with Crippen molar-refractivity contribution in [3.05, 3.63) is 38.8 Å². The van der Waals surface area contributed by atoms with Crippen LogP contribution in [0.5, 0.6) is 0 Å². The van der Waals surface area contributed by atoms with Crippen LogP contribution in [-0.2, 0) is 0 Å². The Morgan fingerprint density at radius 1 is 1.38 bits per heavy atom. The van der Waals surface area contributed by atoms with Gasteiger partial charge in [-0.25, -0.2) is 4.68 Å². The second-order valence-electron chi connectivity index (χ2n) is 3.48. The first kappa shape index (κ1) is 11.2. The van der Waals surface area contributed by atoms with Gasteiger partial charge >= 0.3 is 0 Å². The van der Waals surface area contributed by atoms with Crippen molar-refractivity contribution in [2.24, 2.45) is 0 Å². The van der Waals surface area contributed by atoms with Gasteiger partial charge in [-0.1, -0.05) is 29.0 Å². The molecule has 1 heterocycles. The fraction of sp³-hybridized carbons (Fsp3) is 0.182. The lowest BCUT2D eigenvalue weighted by Gasteiger charge is -2.00. The first-order chi connectivity index (χ1) is 7.58. The summed E-state index contributed by atoms with van der Waals surface area (Å²) in [6.45, 7) is 3.51. The Kier molecular flexibility index (Phi) is 2.98. The number of ketones is 1. The van der Waals surface area contributed by atoms with Gasteiger partial charge in [0.1, 0.15) is 0 Å². The molecule has 0 radical (unpaired) electrons. The van der Waals surface area contributed by atoms with Crippen molar-refractivity contribution >= 4 is 29.3 Å². The molecule has 1 aromatic carbocycles. The minimum atomic E-state index is -0.0537. The molecule has 0 fully saturated rings. The number of hydrogen-bond donors (Lipinski definition) is 0. The van der Waals surface area contributed by atoms with Crippen molar-refractivity contribution in [1.29, 1.82) is 0 Å². The van der Waals surface area contributed by atoms with E-state index in [0.29, 0.717) is 8.96 Å². The van der Waals surface area contributed by atoms with Crippen molar-refractivity contribution in [1.82, 2.24) is 9.78 Å². The van der Waals surface area contributed by atoms with Gasteiger partial charge in [-0.2, -0.15) is 5.10 Å². The third-order valence-corrected chi connectivity index (χ3v) is 3.46. The number of carbonyl (C=O) groups is 1. The van der Waals surface area contributed by atoms with Crippen molar-refractivity contribution in [2.75, 3.05) is 0 Å². The molecule has 3 nitrogen and oxygen atoms in total. The number of aryl methyl sites for hydroxylation is 1. The summed E-state index contributed by atoms with van der Waals surface area (Å²) in [6, 6.07) is 7.86. The standard InChI is InChI=1S/C11H10N2OS2/c1-7-3-5-9(6-4-7)13-11(15)16-10(12-13)8(2)14/h3-6H,1-2H3. The largest absolute Gasteiger partial charge is 0.292 e. The van der Waals surface area contributed by atoms with Crippen LogP contribution in [0.25, 0.3) is 5.69 Å². The van der Waals surface area contributed by atoms with E-state index in [4.69, 9.17) is 12.2 Å². The molecule has 0 bridgehead atoms. The summed E-state index contributed by atoms with van der Waals surface area (Å²) in [4.78, 5) is 11.2. The van der Waals surface area contributed by atoms with E-state index in [2.05, 4.69) is 5.10 Å². The highest BCUT2D eigenvalue weighted by molar-refractivity contribution is 7.73. The van der Waals surface area contributed by atoms with E-state index in [1.165, 1.54) is 23.8 Å². The van der Waals surface area contributed by atoms with Crippen molar-refractivity contribution in [2.45, 2.75) is 13.8 Å². The molecule has 2 rings (SSSR count). The summed E-state index contributed by atoms with van der Waals surface area (Å²) in [5.41, 5.74) is 2.07. The Morgan fingerprint density at radius 3 is 2.50 bits per heavy atom. The number of benzene rings is 1. The molecule has 0 aliphatic rings. The van der Waals surface area contributed by atoms with Crippen LogP contribution in [0.1, 0.15) is 22.3 Å². The molecule has 1 aromatic heterocycles. The number of hydrogen-bond acceptors (Lipinski definition) is 4. The highest BCUT2D eigenvalue weighted by Gasteiger charge is 2.08. The van der Waals surface area contributed by atoms with E-state index in [1.807, 2.05) is 31.2 Å². The molecule has 0 N–H and O–H groups in total. The van der Waals surface area contributed by atoms with Gasteiger partial charge in [0.2, 0.25) is 0 Å². The third-order valence-electron chi connectivity index (χ3n) is 2.13. The zero-order valence-electron chi connectivity index (χ0n) is 8.93. The summed E-state index contributed by atoms with van der Waals surface area (Å²) >= 11 is 6.41. The first-order valence-corrected chi connectivity index (χ1v) is 5.98. The van der Waals surface area contributed by atoms with E-state index < -0.39 is 0 Å². The quantitative estimate of drug-likeness (QED) is 0.606. The van der Waals surface area contributed by atoms with Crippen LogP contribution in [0, 0.1) is 10.9 Å². The Bertz CT molecular complexity index is 581. The second-order valence-corrected chi connectivity index (χ2v) is 5.10. The highest BCUT2D eigenvalue weighted by atomic mass is 32.1. The normalized spacial score (nSPS) is 10.4. The van der Waals surface area contributed by atoms with E-state index in [9.17, 15) is 4.79 Å². The van der Waals surface area contributed by atoms with Crippen LogP contribution in [0.15, 0.2) is 24.3 Å². The van der Waals surface area contributed by atoms with Gasteiger partial charge in [-0.05, 0) is 31.3 Å². The summed E-state index contributed by atoms with van der Waals surface area (Å²) in [5.74, 6) is -0.0537. The molecule has 5 heteroatoms. The SMILES string of the molecule is CC(=O)c1nn(-c2ccc(C)cc2)c(=S)s1. The van der Waals surface area contributed by atoms with E-state index in [0.717, 1.165) is 5.69 Å². The maximum absolute atomic E-state index is 11.2. The topological polar surface area (TPSA) is 34.9 Å². The van der Waals surface area contributed by atoms with Crippen LogP contribution < -0.4 is 0 Å². The molecule has 0 aliphatic carbocycles. The molecule has 82 valence electrons. The number of carbonyl (C=O) groups excluding carboxylic acids is 1. The Hall–Kier alpha value is -1.33. The lowest BCUT2D eigenvalue weighted by Crippen LogP contribution is -1.99. The minimum absolute atomic E-state index is 0.0537. The Morgan fingerprint density at radius 2 is 2.00 bits per heavy atom. The molecular formula is C11H10N2OS2. The van der Waals surface area contributed by atoms with E-state index in [-0.39, 0.29) is 5.78 Å². The van der Waals surface area contributed by atoms with Crippen molar-refractivity contribution in [3.8, 4) is 5.69 Å². The number of rotatable bonds is 2. The average molecular weight is 250 g/mol. The zero-order chi connectivity index (χ0) is 11.7. The molecule has 0 spiro atoms. The van der Waals surface area contributed by atoms with Crippen LogP contribution in [0.2, 0.25) is 0 Å². The average Bonchev–Trinajstić information content (AvgIpc) is 2.62. The highest BCUT2D eigenvalue weighted by Crippen LogP contribution is 2.15. The summed E-state index contributed by atoms with van der Waals surface area (Å²) in [5, 5.41) is 4.64. The van der Waals surface area contributed by atoms with Crippen LogP contribution >= 0.6 is 23.6 Å². The molecule has 0 unspecified atom stereocenters. The van der Waals surface area contributed by atoms with Gasteiger partial charge in [-0.3, -0.25) is 4.79 Å². The number of nitrogens with zero attached hydrogens (tertiary/aromatic N) is 2. The monoisotopic (exact) mass is 250 g/mol. The van der Waals surface area contributed by atoms with Gasteiger partial charge in [0.15, 0.2) is 14.7 Å². The summed E-state index contributed by atoms with van der Waals surface area (Å²) < 4.78 is 2.21. The predicted molar refractivity (Wildman–Crippen MR) is 67.0 cm³/mol. The molecule has 2 aromatic rings. The molecule has 0 atom stereocenters. The van der Waals surface area contributed by atoms with Crippen LogP contribution in [0.3, 0.4) is 0 Å². The lowest BCUT2D eigenvalue weighted by molar-refractivity contribution is 0.101. The predicted octanol–water partition coefficient (Wildman–Crippen LogP) is 3.17. The van der Waals surface area contributed by atoms with Gasteiger partial charge in [0, 0.05) is 6.92 Å². The first-order valence-electron chi connectivity index (χ1n) is 4.76. The number of Topliss-reactive ketones (excluding diaryl/α,β-unsaturated/α-hetero) is 1. The van der Waals surface area contributed by atoms with Gasteiger partial charge in [-0.15, -0.1) is 0 Å². The Balaban J connectivity index is 2.52. The summed E-state index contributed by atoms with van der Waals surface area (Å²) in [7, 11) is 0. The van der Waals surface area contributed by atoms with Gasteiger partial charge in [0.25, 0.3) is 0 Å². The van der Waals surface area contributed by atoms with Crippen molar-refractivity contribution < 1.29 is 4.79 Å². The van der Waals surface area contributed by atoms with Crippen LogP contribution in [0.4, 0.5) is 0 Å². The van der Waals surface area contributed by atoms with E-state index in [1.54, 1.807) is 4.68 Å². The smallest absolute Gasteiger partial charge is 0.190 e. The lowest BCUT2D eigenvalue weighted by atomic mass is 10.2. The number of aromatic nitrogens is 2. The van der Waals surface area contributed by atoms with Gasteiger partial charge < -0.3 is 0 Å². The molecule has 0 amide bonds. The molecule has 0 saturated carbocycles. The maximum Gasteiger partial charge on any atom is 0.190 e. The Labute approximate surface area is 102 Å². The third kappa shape index (κ3) is 2.10. The van der Waals surface area contributed by atoms with Crippen LogP contribution in [-0.4, -0.2) is 15.6 Å². The maximum atomic E-state index is 11.2. The van der Waals surface area contributed by atoms with Gasteiger partial charge in [0.05, 0.1) is 5.69 Å². The minimum Gasteiger partial charge on any atom is -0.292 e. The van der Waals surface area contributed by atoms with Crippen molar-refractivity contribution in [3.63, 3.8) is 0 Å². The zero-order valence-corrected chi connectivity index (χ0v) is 10.6. The molecular weight excluding hydrogens is 240 g/mol. The molecule has 0 saturated heterocycles. The molecule has 0 aliphatic heterocycles. The second kappa shape index (κ2) is 4.27. The fourth-order valence-corrected chi connectivity index (χ4v) is 2.32. The summed E-state index contributed by atoms with van der Waals surface area (Å²) in [6.07, 6.45) is 0. The van der Waals surface area contributed by atoms with E-state index >= 15 is 0 Å².